The molecule has 0 fully saturated rings. The van der Waals surface area contributed by atoms with E-state index >= 15 is 0 Å². The van der Waals surface area contributed by atoms with Crippen molar-refractivity contribution < 1.29 is 10.2 Å². The summed E-state index contributed by atoms with van der Waals surface area (Å²) >= 11 is 0. The van der Waals surface area contributed by atoms with Crippen molar-refractivity contribution in [2.45, 2.75) is 19.4 Å². The molecular weight excluding hydrogens is 163 g/mol. The van der Waals surface area contributed by atoms with Gasteiger partial charge in [0.15, 0.2) is 0 Å². The number of phenolic OH excluding ortho intramolecular Hbond substituents is 1. The molecule has 0 aliphatic rings. The van der Waals surface area contributed by atoms with Gasteiger partial charge < -0.3 is 10.2 Å². The zero-order valence-electron chi connectivity index (χ0n) is 6.70. The molecule has 0 aliphatic carbocycles. The van der Waals surface area contributed by atoms with Crippen molar-refractivity contribution in [2.24, 2.45) is 0 Å². The summed E-state index contributed by atoms with van der Waals surface area (Å²) in [6.07, 6.45) is 0. The third kappa shape index (κ3) is 3.15. The Bertz CT molecular complexity index is 253. The fourth-order valence-corrected chi connectivity index (χ4v) is 0.886. The van der Waals surface area contributed by atoms with E-state index in [0.717, 1.165) is 5.56 Å². The zero-order valence-corrected chi connectivity index (χ0v) is 6.70. The van der Waals surface area contributed by atoms with Crippen LogP contribution < -0.4 is 0 Å². The van der Waals surface area contributed by atoms with Gasteiger partial charge in [0, 0.05) is 0 Å². The van der Waals surface area contributed by atoms with Crippen LogP contribution in [0.15, 0.2) is 24.3 Å². The normalized spacial score (nSPS) is 10.6. The third-order valence-electron chi connectivity index (χ3n) is 1.55. The van der Waals surface area contributed by atoms with Crippen molar-refractivity contribution in [2.75, 3.05) is 0 Å². The molecule has 0 aromatic heterocycles. The fraction of sp³-hybridized carbons (Fsp3) is 0.333. The Morgan fingerprint density at radius 1 is 1.25 bits per heavy atom. The molecule has 0 amide bonds. The van der Waals surface area contributed by atoms with Gasteiger partial charge in [-0.2, -0.15) is 0 Å². The van der Waals surface area contributed by atoms with Crippen molar-refractivity contribution in [3.8, 4) is 5.75 Å². The Kier molecular flexibility index (Phi) is 4.28. The van der Waals surface area contributed by atoms with Crippen molar-refractivity contribution in [3.63, 3.8) is 0 Å². The Balaban J connectivity index is 0.00000121. The summed E-state index contributed by atoms with van der Waals surface area (Å²) in [5.41, 5.74) is -0.156. The van der Waals surface area contributed by atoms with Crippen LogP contribution in [-0.2, 0) is 5.60 Å². The van der Waals surface area contributed by atoms with Crippen LogP contribution in [0.2, 0.25) is 0 Å². The molecule has 62 valence electrons. The van der Waals surface area contributed by atoms with Gasteiger partial charge in [0.05, 0.1) is 5.60 Å². The van der Waals surface area contributed by atoms with Crippen molar-refractivity contribution in [1.82, 2.24) is 0 Å². The monoisotopic (exact) mass is 176 g/mol. The Morgan fingerprint density at radius 2 is 1.83 bits per heavy atom. The molecule has 0 spiro atoms. The van der Waals surface area contributed by atoms with Gasteiger partial charge in [-0.05, 0) is 31.5 Å². The molecule has 0 bridgehead atoms. The van der Waals surface area contributed by atoms with Crippen LogP contribution in [-0.4, -0.2) is 39.8 Å². The van der Waals surface area contributed by atoms with E-state index in [1.54, 1.807) is 38.1 Å². The second-order valence-corrected chi connectivity index (χ2v) is 3.11. The number of hydrogen-bond donors (Lipinski definition) is 2. The molecular formula is C9H13NaO2. The van der Waals surface area contributed by atoms with Crippen molar-refractivity contribution in [3.05, 3.63) is 29.8 Å². The first-order valence-corrected chi connectivity index (χ1v) is 3.52. The molecule has 3 heteroatoms. The third-order valence-corrected chi connectivity index (χ3v) is 1.55. The van der Waals surface area contributed by atoms with Crippen LogP contribution in [0.3, 0.4) is 0 Å². The summed E-state index contributed by atoms with van der Waals surface area (Å²) in [6.45, 7) is 3.36. The van der Waals surface area contributed by atoms with Gasteiger partial charge >= 0.3 is 29.6 Å². The zero-order chi connectivity index (χ0) is 8.48. The van der Waals surface area contributed by atoms with E-state index in [0.29, 0.717) is 0 Å². The number of hydrogen-bond acceptors (Lipinski definition) is 2. The summed E-state index contributed by atoms with van der Waals surface area (Å²) in [6, 6.07) is 6.62. The van der Waals surface area contributed by atoms with E-state index in [1.807, 2.05) is 0 Å². The van der Waals surface area contributed by atoms with Crippen LogP contribution in [0.25, 0.3) is 0 Å². The number of aliphatic hydroxyl groups is 1. The van der Waals surface area contributed by atoms with Crippen molar-refractivity contribution in [1.29, 1.82) is 0 Å². The van der Waals surface area contributed by atoms with Gasteiger partial charge in [-0.25, -0.2) is 0 Å². The second kappa shape index (κ2) is 4.28. The van der Waals surface area contributed by atoms with E-state index in [9.17, 15) is 5.11 Å². The predicted molar refractivity (Wildman–Crippen MR) is 50.5 cm³/mol. The topological polar surface area (TPSA) is 40.5 Å². The standard InChI is InChI=1S/C9H12O2.Na.H/c1-9(2,11)7-4-3-5-8(10)6-7;;/h3-6,10-11H,1-2H3;;. The molecule has 0 heterocycles. The molecule has 0 atom stereocenters. The Hall–Kier alpha value is -0.0200. The van der Waals surface area contributed by atoms with Gasteiger partial charge in [-0.1, -0.05) is 12.1 Å². The maximum absolute atomic E-state index is 9.50. The van der Waals surface area contributed by atoms with Crippen LogP contribution in [0.4, 0.5) is 0 Å². The summed E-state index contributed by atoms with van der Waals surface area (Å²) < 4.78 is 0. The van der Waals surface area contributed by atoms with Crippen LogP contribution in [0.1, 0.15) is 19.4 Å². The average molecular weight is 176 g/mol. The number of rotatable bonds is 1. The molecule has 1 aromatic rings. The molecule has 0 radical (unpaired) electrons. The fourth-order valence-electron chi connectivity index (χ4n) is 0.886. The second-order valence-electron chi connectivity index (χ2n) is 3.11. The molecule has 2 nitrogen and oxygen atoms in total. The van der Waals surface area contributed by atoms with Crippen LogP contribution in [0.5, 0.6) is 5.75 Å². The van der Waals surface area contributed by atoms with E-state index in [2.05, 4.69) is 0 Å². The van der Waals surface area contributed by atoms with Gasteiger partial charge in [-0.15, -0.1) is 0 Å². The van der Waals surface area contributed by atoms with Crippen molar-refractivity contribution >= 4 is 29.6 Å². The first-order chi connectivity index (χ1) is 5.00. The van der Waals surface area contributed by atoms with E-state index in [-0.39, 0.29) is 35.3 Å². The van der Waals surface area contributed by atoms with E-state index in [4.69, 9.17) is 5.11 Å². The first-order valence-electron chi connectivity index (χ1n) is 3.52. The molecule has 1 aromatic carbocycles. The predicted octanol–water partition coefficient (Wildman–Crippen LogP) is 0.971. The molecule has 2 N–H and O–H groups in total. The van der Waals surface area contributed by atoms with Gasteiger partial charge in [0.25, 0.3) is 0 Å². The Morgan fingerprint density at radius 3 is 2.17 bits per heavy atom. The minimum absolute atomic E-state index is 0. The summed E-state index contributed by atoms with van der Waals surface area (Å²) in [5, 5.41) is 18.6. The van der Waals surface area contributed by atoms with Gasteiger partial charge in [-0.3, -0.25) is 0 Å². The number of benzene rings is 1. The molecule has 0 aliphatic heterocycles. The minimum atomic E-state index is -0.876. The summed E-state index contributed by atoms with van der Waals surface area (Å²) in [7, 11) is 0. The van der Waals surface area contributed by atoms with Crippen LogP contribution in [0, 0.1) is 0 Å². The molecule has 0 saturated heterocycles. The SMILES string of the molecule is CC(C)(O)c1cccc(O)c1.[NaH]. The summed E-state index contributed by atoms with van der Waals surface area (Å²) in [4.78, 5) is 0. The molecule has 1 rings (SSSR count). The van der Waals surface area contributed by atoms with E-state index in [1.165, 1.54) is 0 Å². The van der Waals surface area contributed by atoms with E-state index < -0.39 is 5.60 Å². The summed E-state index contributed by atoms with van der Waals surface area (Å²) in [5.74, 6) is 0.185. The van der Waals surface area contributed by atoms with Crippen LogP contribution >= 0.6 is 0 Å². The maximum atomic E-state index is 9.50. The number of phenols is 1. The Labute approximate surface area is 94.5 Å². The molecule has 0 unspecified atom stereocenters. The molecule has 0 saturated carbocycles. The molecule has 12 heavy (non-hydrogen) atoms. The number of aromatic hydroxyl groups is 1. The quantitative estimate of drug-likeness (QED) is 0.626. The average Bonchev–Trinajstić information content (AvgIpc) is 1.86. The van der Waals surface area contributed by atoms with Gasteiger partial charge in [0.1, 0.15) is 5.75 Å². The van der Waals surface area contributed by atoms with Gasteiger partial charge in [0.2, 0.25) is 0 Å². The first kappa shape index (κ1) is 12.0.